The summed E-state index contributed by atoms with van der Waals surface area (Å²) in [4.78, 5) is 16.7. The van der Waals surface area contributed by atoms with E-state index in [1.807, 2.05) is 25.1 Å². The van der Waals surface area contributed by atoms with Crippen molar-refractivity contribution in [1.29, 1.82) is 0 Å². The monoisotopic (exact) mass is 446 g/mol. The number of carbonyl (C=O) groups excluding carboxylic acids is 1. The highest BCUT2D eigenvalue weighted by molar-refractivity contribution is 7.89. The third-order valence-electron chi connectivity index (χ3n) is 4.28. The van der Waals surface area contributed by atoms with Crippen molar-refractivity contribution in [2.75, 3.05) is 19.0 Å². The Hall–Kier alpha value is -2.95. The van der Waals surface area contributed by atoms with E-state index in [1.165, 1.54) is 23.5 Å². The van der Waals surface area contributed by atoms with Crippen LogP contribution in [0.2, 0.25) is 0 Å². The van der Waals surface area contributed by atoms with Crippen LogP contribution in [0, 0.1) is 6.92 Å². The molecule has 0 aliphatic heterocycles. The van der Waals surface area contributed by atoms with Crippen LogP contribution in [0.5, 0.6) is 5.75 Å². The van der Waals surface area contributed by atoms with Crippen molar-refractivity contribution in [3.05, 3.63) is 64.7 Å². The number of nitrogens with one attached hydrogen (secondary N) is 2. The molecule has 158 valence electrons. The molecule has 3 aromatic rings. The average molecular weight is 447 g/mol. The van der Waals surface area contributed by atoms with Crippen LogP contribution in [0.1, 0.15) is 21.6 Å². The first-order valence-corrected chi connectivity index (χ1v) is 11.5. The van der Waals surface area contributed by atoms with Gasteiger partial charge in [0.2, 0.25) is 10.0 Å². The predicted molar refractivity (Wildman–Crippen MR) is 117 cm³/mol. The molecular formula is C20H22N4O4S2. The maximum absolute atomic E-state index is 12.3. The normalized spacial score (nSPS) is 11.2. The van der Waals surface area contributed by atoms with E-state index in [0.717, 1.165) is 16.8 Å². The number of rotatable bonds is 8. The topological polar surface area (TPSA) is 123 Å². The minimum Gasteiger partial charge on any atom is -0.495 e. The van der Waals surface area contributed by atoms with Gasteiger partial charge in [0, 0.05) is 11.9 Å². The highest BCUT2D eigenvalue weighted by Crippen LogP contribution is 2.29. The van der Waals surface area contributed by atoms with Gasteiger partial charge in [-0.25, -0.2) is 18.5 Å². The van der Waals surface area contributed by atoms with E-state index in [-0.39, 0.29) is 10.8 Å². The number of benzene rings is 2. The number of carbonyl (C=O) groups is 1. The Morgan fingerprint density at radius 2 is 1.93 bits per heavy atom. The van der Waals surface area contributed by atoms with Gasteiger partial charge in [0.05, 0.1) is 17.7 Å². The maximum Gasteiger partial charge on any atom is 0.270 e. The largest absolute Gasteiger partial charge is 0.495 e. The van der Waals surface area contributed by atoms with Crippen LogP contribution in [0.15, 0.2) is 52.7 Å². The molecule has 0 fully saturated rings. The summed E-state index contributed by atoms with van der Waals surface area (Å²) in [5.41, 5.74) is 3.06. The minimum atomic E-state index is -3.71. The SMILES string of the molecule is COc1ccc(C)cc1Nc1nc(C(=O)NCCc2ccc(S(N)(=O)=O)cc2)cs1. The van der Waals surface area contributed by atoms with Crippen molar-refractivity contribution >= 4 is 38.1 Å². The molecule has 1 amide bonds. The van der Waals surface area contributed by atoms with Crippen LogP contribution in [-0.4, -0.2) is 33.0 Å². The fraction of sp³-hybridized carbons (Fsp3) is 0.200. The number of anilines is 2. The molecule has 1 heterocycles. The Bertz CT molecular complexity index is 1140. The number of hydrogen-bond acceptors (Lipinski definition) is 7. The van der Waals surface area contributed by atoms with Gasteiger partial charge in [-0.2, -0.15) is 0 Å². The molecular weight excluding hydrogens is 424 g/mol. The minimum absolute atomic E-state index is 0.0584. The average Bonchev–Trinajstić information content (AvgIpc) is 3.16. The zero-order valence-electron chi connectivity index (χ0n) is 16.5. The van der Waals surface area contributed by atoms with Gasteiger partial charge >= 0.3 is 0 Å². The Labute approximate surface area is 179 Å². The molecule has 0 spiro atoms. The van der Waals surface area contributed by atoms with Gasteiger partial charge in [0.25, 0.3) is 5.91 Å². The molecule has 0 atom stereocenters. The maximum atomic E-state index is 12.3. The molecule has 0 bridgehead atoms. The lowest BCUT2D eigenvalue weighted by Crippen LogP contribution is -2.26. The summed E-state index contributed by atoms with van der Waals surface area (Å²) in [6.45, 7) is 2.37. The van der Waals surface area contributed by atoms with Crippen molar-refractivity contribution in [2.45, 2.75) is 18.2 Å². The Kier molecular flexibility index (Phi) is 6.70. The van der Waals surface area contributed by atoms with Crippen LogP contribution in [0.4, 0.5) is 10.8 Å². The van der Waals surface area contributed by atoms with Gasteiger partial charge in [-0.15, -0.1) is 11.3 Å². The van der Waals surface area contributed by atoms with Crippen molar-refractivity contribution in [2.24, 2.45) is 5.14 Å². The van der Waals surface area contributed by atoms with E-state index in [2.05, 4.69) is 15.6 Å². The number of ether oxygens (including phenoxy) is 1. The highest BCUT2D eigenvalue weighted by atomic mass is 32.2. The summed E-state index contributed by atoms with van der Waals surface area (Å²) in [6.07, 6.45) is 0.548. The van der Waals surface area contributed by atoms with Gasteiger partial charge in [0.1, 0.15) is 11.4 Å². The fourth-order valence-electron chi connectivity index (χ4n) is 2.73. The first kappa shape index (κ1) is 21.8. The predicted octanol–water partition coefficient (Wildman–Crippen LogP) is 2.82. The number of aromatic nitrogens is 1. The molecule has 0 unspecified atom stereocenters. The Balaban J connectivity index is 1.56. The molecule has 0 saturated heterocycles. The number of sulfonamides is 1. The van der Waals surface area contributed by atoms with E-state index in [0.29, 0.717) is 29.5 Å². The number of hydrogen-bond donors (Lipinski definition) is 3. The van der Waals surface area contributed by atoms with Crippen LogP contribution in [0.25, 0.3) is 0 Å². The molecule has 0 aliphatic rings. The van der Waals surface area contributed by atoms with Gasteiger partial charge in [0.15, 0.2) is 5.13 Å². The molecule has 10 heteroatoms. The quantitative estimate of drug-likeness (QED) is 0.489. The lowest BCUT2D eigenvalue weighted by molar-refractivity contribution is 0.0950. The van der Waals surface area contributed by atoms with Crippen molar-refractivity contribution in [1.82, 2.24) is 10.3 Å². The molecule has 0 radical (unpaired) electrons. The number of aryl methyl sites for hydroxylation is 1. The van der Waals surface area contributed by atoms with Crippen LogP contribution in [-0.2, 0) is 16.4 Å². The van der Waals surface area contributed by atoms with Crippen LogP contribution in [0.3, 0.4) is 0 Å². The first-order valence-electron chi connectivity index (χ1n) is 9.03. The Morgan fingerprint density at radius 1 is 1.20 bits per heavy atom. The molecule has 30 heavy (non-hydrogen) atoms. The second kappa shape index (κ2) is 9.24. The van der Waals surface area contributed by atoms with E-state index in [4.69, 9.17) is 9.88 Å². The lowest BCUT2D eigenvalue weighted by atomic mass is 10.1. The summed E-state index contributed by atoms with van der Waals surface area (Å²) in [7, 11) is -2.11. The number of nitrogens with zero attached hydrogens (tertiary/aromatic N) is 1. The molecule has 0 aliphatic carbocycles. The second-order valence-corrected chi connectivity index (χ2v) is 8.98. The van der Waals surface area contributed by atoms with Crippen LogP contribution >= 0.6 is 11.3 Å². The fourth-order valence-corrected chi connectivity index (χ4v) is 3.95. The van der Waals surface area contributed by atoms with Crippen molar-refractivity contribution < 1.29 is 17.9 Å². The second-order valence-electron chi connectivity index (χ2n) is 6.56. The molecule has 4 N–H and O–H groups in total. The molecule has 0 saturated carbocycles. The number of amides is 1. The molecule has 2 aromatic carbocycles. The Morgan fingerprint density at radius 3 is 2.60 bits per heavy atom. The summed E-state index contributed by atoms with van der Waals surface area (Å²) >= 11 is 1.32. The summed E-state index contributed by atoms with van der Waals surface area (Å²) in [6, 6.07) is 12.0. The van der Waals surface area contributed by atoms with E-state index < -0.39 is 10.0 Å². The number of methoxy groups -OCH3 is 1. The van der Waals surface area contributed by atoms with Gasteiger partial charge < -0.3 is 15.4 Å². The zero-order valence-corrected chi connectivity index (χ0v) is 18.1. The van der Waals surface area contributed by atoms with E-state index in [1.54, 1.807) is 24.6 Å². The van der Waals surface area contributed by atoms with E-state index >= 15 is 0 Å². The molecule has 8 nitrogen and oxygen atoms in total. The summed E-state index contributed by atoms with van der Waals surface area (Å²) < 4.78 is 27.9. The van der Waals surface area contributed by atoms with E-state index in [9.17, 15) is 13.2 Å². The third kappa shape index (κ3) is 5.56. The summed E-state index contributed by atoms with van der Waals surface area (Å²) in [5.74, 6) is 0.409. The number of nitrogens with two attached hydrogens (primary N) is 1. The third-order valence-corrected chi connectivity index (χ3v) is 5.97. The zero-order chi connectivity index (χ0) is 21.7. The lowest BCUT2D eigenvalue weighted by Gasteiger charge is -2.09. The van der Waals surface area contributed by atoms with Gasteiger partial charge in [-0.3, -0.25) is 4.79 Å². The van der Waals surface area contributed by atoms with Crippen molar-refractivity contribution in [3.63, 3.8) is 0 Å². The van der Waals surface area contributed by atoms with Gasteiger partial charge in [-0.05, 0) is 48.7 Å². The first-order chi connectivity index (χ1) is 14.3. The van der Waals surface area contributed by atoms with Gasteiger partial charge in [-0.1, -0.05) is 18.2 Å². The standard InChI is InChI=1S/C20H22N4O4S2/c1-13-3-8-18(28-2)16(11-13)23-20-24-17(12-29-20)19(25)22-10-9-14-4-6-15(7-5-14)30(21,26)27/h3-8,11-12H,9-10H2,1-2H3,(H,22,25)(H,23,24)(H2,21,26,27). The summed E-state index contributed by atoms with van der Waals surface area (Å²) in [5, 5.41) is 13.3. The van der Waals surface area contributed by atoms with Crippen molar-refractivity contribution in [3.8, 4) is 5.75 Å². The van der Waals surface area contributed by atoms with Crippen LogP contribution < -0.4 is 20.5 Å². The highest BCUT2D eigenvalue weighted by Gasteiger charge is 2.12. The molecule has 1 aromatic heterocycles. The smallest absolute Gasteiger partial charge is 0.270 e. The number of thiazole rings is 1. The molecule has 3 rings (SSSR count). The number of primary sulfonamides is 1.